The molecule has 2 N–H and O–H groups in total. The fourth-order valence-corrected chi connectivity index (χ4v) is 7.87. The van der Waals surface area contributed by atoms with Crippen molar-refractivity contribution in [3.8, 4) is 17.4 Å². The third-order valence-electron chi connectivity index (χ3n) is 10.3. The quantitative estimate of drug-likeness (QED) is 0.244. The van der Waals surface area contributed by atoms with Crippen molar-refractivity contribution < 1.29 is 36.6 Å². The molecule has 276 valence electrons. The van der Waals surface area contributed by atoms with Gasteiger partial charge in [0.05, 0.1) is 25.8 Å². The average Bonchev–Trinajstić information content (AvgIpc) is 3.83. The molecule has 1 atom stereocenters. The average molecular weight is 730 g/mol. The molecule has 8 rings (SSSR count). The molecule has 1 saturated heterocycles. The molecule has 52 heavy (non-hydrogen) atoms. The van der Waals surface area contributed by atoms with Gasteiger partial charge in [-0.15, -0.1) is 15.0 Å². The zero-order valence-corrected chi connectivity index (χ0v) is 28.4. The first-order valence-corrected chi connectivity index (χ1v) is 16.7. The number of nitrogens with zero attached hydrogens (tertiary/aromatic N) is 7. The molecule has 19 heteroatoms. The van der Waals surface area contributed by atoms with Crippen molar-refractivity contribution in [1.29, 1.82) is 0 Å². The molecule has 4 aromatic heterocycles. The highest BCUT2D eigenvalue weighted by Crippen LogP contribution is 2.60. The molecule has 3 saturated carbocycles. The highest BCUT2D eigenvalue weighted by Gasteiger charge is 2.64. The Morgan fingerprint density at radius 3 is 2.42 bits per heavy atom. The summed E-state index contributed by atoms with van der Waals surface area (Å²) in [6.07, 6.45) is -1.52. The van der Waals surface area contributed by atoms with Crippen molar-refractivity contribution in [3.63, 3.8) is 0 Å². The number of anilines is 1. The number of alkyl halides is 3. The van der Waals surface area contributed by atoms with Crippen molar-refractivity contribution in [1.82, 2.24) is 39.7 Å². The van der Waals surface area contributed by atoms with E-state index in [1.807, 2.05) is 0 Å². The summed E-state index contributed by atoms with van der Waals surface area (Å²) in [6, 6.07) is 3.16. The van der Waals surface area contributed by atoms with E-state index >= 15 is 0 Å². The van der Waals surface area contributed by atoms with E-state index in [0.717, 1.165) is 6.20 Å². The van der Waals surface area contributed by atoms with E-state index in [0.29, 0.717) is 11.4 Å². The number of methoxy groups -OCH3 is 2. The molecule has 1 aliphatic heterocycles. The molecule has 2 bridgehead atoms. The zero-order valence-electron chi connectivity index (χ0n) is 28.4. The summed E-state index contributed by atoms with van der Waals surface area (Å²) in [5.41, 5.74) is -1.94. The number of nitrogens with one attached hydrogen (secondary N) is 2. The number of hydrogen-bond acceptors (Lipinski definition) is 10. The number of amides is 2. The number of carbonyl (C=O) groups excluding carboxylic acids is 2. The maximum absolute atomic E-state index is 14.3. The molecular weight excluding hydrogens is 694 g/mol. The van der Waals surface area contributed by atoms with Gasteiger partial charge in [0.1, 0.15) is 17.8 Å². The Morgan fingerprint density at radius 2 is 1.79 bits per heavy atom. The second-order valence-corrected chi connectivity index (χ2v) is 13.3. The van der Waals surface area contributed by atoms with E-state index in [9.17, 15) is 36.7 Å². The monoisotopic (exact) mass is 729 g/mol. The van der Waals surface area contributed by atoms with Gasteiger partial charge < -0.3 is 34.1 Å². The molecule has 4 aliphatic rings. The van der Waals surface area contributed by atoms with Crippen LogP contribution in [0.25, 0.3) is 16.9 Å². The minimum absolute atomic E-state index is 0.0482. The van der Waals surface area contributed by atoms with E-state index in [-0.39, 0.29) is 87.0 Å². The fourth-order valence-electron chi connectivity index (χ4n) is 7.87. The lowest BCUT2D eigenvalue weighted by atomic mass is 9.76. The smallest absolute Gasteiger partial charge is 0.392 e. The second-order valence-electron chi connectivity index (χ2n) is 13.3. The van der Waals surface area contributed by atoms with Crippen molar-refractivity contribution in [3.05, 3.63) is 62.0 Å². The van der Waals surface area contributed by atoms with Gasteiger partial charge >= 0.3 is 6.18 Å². The highest BCUT2D eigenvalue weighted by molar-refractivity contribution is 5.96. The van der Waals surface area contributed by atoms with Crippen LogP contribution in [0.5, 0.6) is 11.8 Å². The summed E-state index contributed by atoms with van der Waals surface area (Å²) in [4.78, 5) is 64.8. The number of rotatable bonds is 9. The summed E-state index contributed by atoms with van der Waals surface area (Å²) in [7, 11) is 2.68. The van der Waals surface area contributed by atoms with Gasteiger partial charge in [-0.2, -0.15) is 13.2 Å². The first-order chi connectivity index (χ1) is 24.8. The minimum Gasteiger partial charge on any atom is -0.482 e. The first kappa shape index (κ1) is 34.9. The number of aromatic amines is 1. The van der Waals surface area contributed by atoms with Crippen LogP contribution in [0.3, 0.4) is 0 Å². The number of halogens is 4. The van der Waals surface area contributed by atoms with Crippen molar-refractivity contribution >= 4 is 28.7 Å². The Hall–Kier alpha value is -5.49. The molecule has 3 aliphatic carbocycles. The van der Waals surface area contributed by atoms with Gasteiger partial charge in [0.15, 0.2) is 17.0 Å². The van der Waals surface area contributed by atoms with Crippen LogP contribution in [0.15, 0.2) is 34.1 Å². The first-order valence-electron chi connectivity index (χ1n) is 16.7. The van der Waals surface area contributed by atoms with Crippen LogP contribution in [0.2, 0.25) is 0 Å². The maximum atomic E-state index is 14.3. The van der Waals surface area contributed by atoms with E-state index in [1.165, 1.54) is 30.1 Å². The molecule has 5 heterocycles. The van der Waals surface area contributed by atoms with Crippen LogP contribution >= 0.6 is 0 Å². The van der Waals surface area contributed by atoms with E-state index in [1.54, 1.807) is 28.5 Å². The summed E-state index contributed by atoms with van der Waals surface area (Å²) in [5, 5.41) is 11.9. The Bertz CT molecular complexity index is 2180. The van der Waals surface area contributed by atoms with Crippen molar-refractivity contribution in [2.24, 2.45) is 11.8 Å². The minimum atomic E-state index is -4.34. The molecule has 15 nitrogen and oxygen atoms in total. The molecule has 4 fully saturated rings. The standard InChI is InChI=1S/C33H35F4N9O6/c1-4-21-26(43-7-9-44(10-8-43)31(50)24-27(48)20(34)15-39-30(24)52-3)28(49)25-29(42-46(41-25)18-5-6-38-23(11-18)51-2)45(21)16-22(47)40-32-12-17(13-32)19(14-32)33(35,36)37/h5-6,11,15,17,19H,4,7-10,12-14,16H2,1-3H3,(H,39,48)(H,40,47). The van der Waals surface area contributed by atoms with Crippen LogP contribution in [-0.4, -0.2) is 98.4 Å². The molecule has 1 unspecified atom stereocenters. The van der Waals surface area contributed by atoms with Gasteiger partial charge in [-0.25, -0.2) is 9.37 Å². The SMILES string of the molecule is CCc1c(N2CCN(C(=O)c3c(OC)[nH]cc(F)c3=O)CC2)c(=O)c2nn(-c3ccnc(OC)c3)nc2n1CC(=O)NC12CC(C1)C(C(F)(F)F)C2. The van der Waals surface area contributed by atoms with Crippen LogP contribution in [-0.2, 0) is 17.8 Å². The fraction of sp³-hybridized carbons (Fsp3) is 0.485. The van der Waals surface area contributed by atoms with Gasteiger partial charge in [-0.3, -0.25) is 19.2 Å². The van der Waals surface area contributed by atoms with Crippen LogP contribution in [0, 0.1) is 17.7 Å². The number of carbonyl (C=O) groups is 2. The van der Waals surface area contributed by atoms with Crippen molar-refractivity contribution in [2.75, 3.05) is 45.3 Å². The van der Waals surface area contributed by atoms with Gasteiger partial charge in [0.25, 0.3) is 5.91 Å². The van der Waals surface area contributed by atoms with Gasteiger partial charge in [-0.1, -0.05) is 6.92 Å². The van der Waals surface area contributed by atoms with Gasteiger partial charge in [-0.05, 0) is 37.7 Å². The van der Waals surface area contributed by atoms with Crippen LogP contribution in [0.1, 0.15) is 42.2 Å². The van der Waals surface area contributed by atoms with Crippen molar-refractivity contribution in [2.45, 2.75) is 50.9 Å². The molecule has 4 aromatic rings. The lowest BCUT2D eigenvalue weighted by Crippen LogP contribution is -2.53. The number of hydrogen-bond donors (Lipinski definition) is 2. The van der Waals surface area contributed by atoms with E-state index in [4.69, 9.17) is 9.47 Å². The Labute approximate surface area is 292 Å². The van der Waals surface area contributed by atoms with E-state index in [2.05, 4.69) is 25.5 Å². The number of pyridine rings is 3. The predicted octanol–water partition coefficient (Wildman–Crippen LogP) is 2.19. The van der Waals surface area contributed by atoms with Gasteiger partial charge in [0, 0.05) is 55.9 Å². The summed E-state index contributed by atoms with van der Waals surface area (Å²) in [6.45, 7) is 1.79. The zero-order chi connectivity index (χ0) is 37.1. The molecule has 0 spiro atoms. The maximum Gasteiger partial charge on any atom is 0.392 e. The summed E-state index contributed by atoms with van der Waals surface area (Å²) >= 11 is 0. The lowest BCUT2D eigenvalue weighted by Gasteiger charge is -2.39. The number of piperazine rings is 1. The Balaban J connectivity index is 1.23. The largest absolute Gasteiger partial charge is 0.482 e. The number of ether oxygens (including phenoxy) is 2. The van der Waals surface area contributed by atoms with Crippen LogP contribution < -0.4 is 30.5 Å². The molecule has 0 radical (unpaired) electrons. The van der Waals surface area contributed by atoms with E-state index < -0.39 is 57.6 Å². The molecule has 2 amide bonds. The Kier molecular flexibility index (Phi) is 8.69. The number of fused-ring (bicyclic) bond motifs is 2. The summed E-state index contributed by atoms with van der Waals surface area (Å²) < 4.78 is 66.8. The lowest BCUT2D eigenvalue weighted by molar-refractivity contribution is -0.180. The third-order valence-corrected chi connectivity index (χ3v) is 10.3. The Morgan fingerprint density at radius 1 is 1.06 bits per heavy atom. The predicted molar refractivity (Wildman–Crippen MR) is 176 cm³/mol. The van der Waals surface area contributed by atoms with Crippen LogP contribution in [0.4, 0.5) is 23.2 Å². The second kappa shape index (κ2) is 12.9. The third kappa shape index (κ3) is 5.90. The number of aromatic nitrogens is 6. The molecular formula is C33H35F4N9O6. The number of H-pyrrole nitrogens is 1. The highest BCUT2D eigenvalue weighted by atomic mass is 19.4. The molecule has 0 aromatic carbocycles. The normalized spacial score (nSPS) is 21.3. The topological polar surface area (TPSA) is 170 Å². The van der Waals surface area contributed by atoms with Gasteiger partial charge in [0.2, 0.25) is 28.5 Å². The summed E-state index contributed by atoms with van der Waals surface area (Å²) in [5.74, 6) is -4.33.